The van der Waals surface area contributed by atoms with Crippen LogP contribution in [0.2, 0.25) is 5.15 Å². The summed E-state index contributed by atoms with van der Waals surface area (Å²) < 4.78 is 7.90. The Kier molecular flexibility index (Phi) is 4.65. The average Bonchev–Trinajstić information content (AvgIpc) is 3.23. The summed E-state index contributed by atoms with van der Waals surface area (Å²) >= 11 is 6.15. The molecule has 5 rings (SSSR count). The highest BCUT2D eigenvalue weighted by Gasteiger charge is 2.09. The van der Waals surface area contributed by atoms with Crippen molar-refractivity contribution in [2.45, 2.75) is 6.61 Å². The number of rotatable bonds is 5. The molecule has 0 radical (unpaired) electrons. The number of aromatic nitrogens is 5. The molecule has 0 aliphatic carbocycles. The van der Waals surface area contributed by atoms with Crippen LogP contribution in [0.1, 0.15) is 5.56 Å². The smallest absolute Gasteiger partial charge is 0.149 e. The Balaban J connectivity index is 1.40. The quantitative estimate of drug-likeness (QED) is 0.420. The van der Waals surface area contributed by atoms with Crippen molar-refractivity contribution in [1.29, 1.82) is 0 Å². The van der Waals surface area contributed by atoms with E-state index >= 15 is 0 Å². The molecule has 0 fully saturated rings. The first-order valence-electron chi connectivity index (χ1n) is 9.34. The molecule has 1 N–H and O–H groups in total. The summed E-state index contributed by atoms with van der Waals surface area (Å²) in [5.74, 6) is 1.49. The van der Waals surface area contributed by atoms with Crippen molar-refractivity contribution in [1.82, 2.24) is 24.5 Å². The van der Waals surface area contributed by atoms with Crippen LogP contribution in [0.5, 0.6) is 5.75 Å². The van der Waals surface area contributed by atoms with Crippen LogP contribution < -0.4 is 10.1 Å². The molecule has 0 saturated heterocycles. The third-order valence-corrected chi connectivity index (χ3v) is 5.13. The van der Waals surface area contributed by atoms with E-state index in [0.29, 0.717) is 17.5 Å². The van der Waals surface area contributed by atoms with Crippen molar-refractivity contribution in [3.05, 3.63) is 78.1 Å². The molecule has 0 unspecified atom stereocenters. The zero-order valence-corrected chi connectivity index (χ0v) is 16.8. The number of fused-ring (bicyclic) bond motifs is 2. The van der Waals surface area contributed by atoms with E-state index in [9.17, 15) is 0 Å². The number of nitrogens with one attached hydrogen (secondary N) is 1. The average molecular weight is 417 g/mol. The number of hydrogen-bond donors (Lipinski definition) is 1. The van der Waals surface area contributed by atoms with Gasteiger partial charge in [0, 0.05) is 24.7 Å². The van der Waals surface area contributed by atoms with E-state index in [4.69, 9.17) is 16.3 Å². The molecular weight excluding hydrogens is 400 g/mol. The number of pyridine rings is 2. The van der Waals surface area contributed by atoms with Crippen molar-refractivity contribution in [2.75, 3.05) is 12.4 Å². The van der Waals surface area contributed by atoms with E-state index in [2.05, 4.69) is 25.3 Å². The van der Waals surface area contributed by atoms with Crippen LogP contribution in [-0.4, -0.2) is 31.6 Å². The van der Waals surface area contributed by atoms with Gasteiger partial charge in [-0.2, -0.15) is 0 Å². The molecule has 4 aromatic heterocycles. The number of nitrogens with zero attached hydrogens (tertiary/aromatic N) is 5. The molecule has 5 aromatic rings. The fourth-order valence-electron chi connectivity index (χ4n) is 3.31. The Morgan fingerprint density at radius 1 is 1.07 bits per heavy atom. The van der Waals surface area contributed by atoms with Gasteiger partial charge in [0.25, 0.3) is 0 Å². The SMILES string of the molecule is CNc1ccc2ccc(COc3cncc(-n4ccc5c(Cl)ncnc54)c3)cc2n1. The standard InChI is InChI=1S/C22H17ClN6O/c1-24-20-5-4-15-3-2-14(8-19(15)28-20)12-30-17-9-16(10-25-11-17)29-7-6-18-21(23)26-13-27-22(18)29/h2-11,13H,12H2,1H3,(H,24,28). The van der Waals surface area contributed by atoms with E-state index in [1.165, 1.54) is 6.33 Å². The summed E-state index contributed by atoms with van der Waals surface area (Å²) in [5.41, 5.74) is 3.50. The highest BCUT2D eigenvalue weighted by molar-refractivity contribution is 6.33. The maximum atomic E-state index is 6.15. The number of anilines is 1. The molecule has 4 heterocycles. The van der Waals surface area contributed by atoms with Gasteiger partial charge >= 0.3 is 0 Å². The van der Waals surface area contributed by atoms with Crippen LogP contribution >= 0.6 is 11.6 Å². The monoisotopic (exact) mass is 416 g/mol. The van der Waals surface area contributed by atoms with Gasteiger partial charge in [-0.25, -0.2) is 15.0 Å². The van der Waals surface area contributed by atoms with Gasteiger partial charge in [0.2, 0.25) is 0 Å². The van der Waals surface area contributed by atoms with Crippen LogP contribution in [0.3, 0.4) is 0 Å². The molecule has 8 heteroatoms. The maximum absolute atomic E-state index is 6.15. The second-order valence-electron chi connectivity index (χ2n) is 6.73. The van der Waals surface area contributed by atoms with Gasteiger partial charge < -0.3 is 10.1 Å². The Morgan fingerprint density at radius 2 is 1.97 bits per heavy atom. The maximum Gasteiger partial charge on any atom is 0.149 e. The molecule has 0 aliphatic heterocycles. The summed E-state index contributed by atoms with van der Waals surface area (Å²) in [6.07, 6.45) is 6.78. The van der Waals surface area contributed by atoms with Gasteiger partial charge in [-0.15, -0.1) is 0 Å². The second kappa shape index (κ2) is 7.61. The van der Waals surface area contributed by atoms with Crippen LogP contribution in [0, 0.1) is 0 Å². The Hall–Kier alpha value is -3.71. The lowest BCUT2D eigenvalue weighted by Gasteiger charge is -2.10. The lowest BCUT2D eigenvalue weighted by atomic mass is 10.1. The predicted molar refractivity (Wildman–Crippen MR) is 117 cm³/mol. The Morgan fingerprint density at radius 3 is 2.87 bits per heavy atom. The van der Waals surface area contributed by atoms with E-state index in [1.54, 1.807) is 12.4 Å². The molecule has 0 saturated carbocycles. The molecular formula is C22H17ClN6O. The first-order valence-corrected chi connectivity index (χ1v) is 9.72. The molecule has 0 bridgehead atoms. The minimum atomic E-state index is 0.410. The van der Waals surface area contributed by atoms with Gasteiger partial charge in [0.15, 0.2) is 0 Å². The molecule has 30 heavy (non-hydrogen) atoms. The van der Waals surface area contributed by atoms with E-state index in [0.717, 1.165) is 39.0 Å². The number of ether oxygens (including phenoxy) is 1. The molecule has 7 nitrogen and oxygen atoms in total. The summed E-state index contributed by atoms with van der Waals surface area (Å²) in [5, 5.41) is 5.36. The van der Waals surface area contributed by atoms with Crippen molar-refractivity contribution < 1.29 is 4.74 Å². The topological polar surface area (TPSA) is 77.8 Å². The highest BCUT2D eigenvalue weighted by Crippen LogP contribution is 2.25. The number of benzene rings is 1. The van der Waals surface area contributed by atoms with Crippen LogP contribution in [-0.2, 0) is 6.61 Å². The van der Waals surface area contributed by atoms with Gasteiger partial charge in [0.05, 0.1) is 29.0 Å². The molecule has 148 valence electrons. The zero-order valence-electron chi connectivity index (χ0n) is 16.1. The third-order valence-electron chi connectivity index (χ3n) is 4.83. The van der Waals surface area contributed by atoms with Crippen molar-refractivity contribution in [3.63, 3.8) is 0 Å². The van der Waals surface area contributed by atoms with Crippen molar-refractivity contribution in [2.24, 2.45) is 0 Å². The lowest BCUT2D eigenvalue weighted by molar-refractivity contribution is 0.305. The van der Waals surface area contributed by atoms with E-state index in [1.807, 2.05) is 60.3 Å². The van der Waals surface area contributed by atoms with Crippen LogP contribution in [0.4, 0.5) is 5.82 Å². The summed E-state index contributed by atoms with van der Waals surface area (Å²) in [6, 6.07) is 13.9. The van der Waals surface area contributed by atoms with Crippen molar-refractivity contribution in [3.8, 4) is 11.4 Å². The minimum Gasteiger partial charge on any atom is -0.487 e. The highest BCUT2D eigenvalue weighted by atomic mass is 35.5. The normalized spacial score (nSPS) is 11.1. The largest absolute Gasteiger partial charge is 0.487 e. The van der Waals surface area contributed by atoms with Crippen LogP contribution in [0.15, 0.2) is 67.4 Å². The second-order valence-corrected chi connectivity index (χ2v) is 7.09. The van der Waals surface area contributed by atoms with E-state index < -0.39 is 0 Å². The molecule has 0 amide bonds. The Labute approximate surface area is 177 Å². The summed E-state index contributed by atoms with van der Waals surface area (Å²) in [6.45, 7) is 0.410. The predicted octanol–water partition coefficient (Wildman–Crippen LogP) is 4.64. The first-order chi connectivity index (χ1) is 14.7. The fourth-order valence-corrected chi connectivity index (χ4v) is 3.50. The number of hydrogen-bond acceptors (Lipinski definition) is 6. The van der Waals surface area contributed by atoms with Crippen molar-refractivity contribution >= 4 is 39.4 Å². The van der Waals surface area contributed by atoms with Gasteiger partial charge in [-0.05, 0) is 29.8 Å². The number of halogens is 1. The van der Waals surface area contributed by atoms with Crippen LogP contribution in [0.25, 0.3) is 27.6 Å². The zero-order chi connectivity index (χ0) is 20.5. The Bertz CT molecular complexity index is 1370. The lowest BCUT2D eigenvalue weighted by Crippen LogP contribution is -1.99. The summed E-state index contributed by atoms with van der Waals surface area (Å²) in [7, 11) is 1.86. The fraction of sp³-hybridized carbons (Fsp3) is 0.0909. The molecule has 0 aliphatic rings. The van der Waals surface area contributed by atoms with E-state index in [-0.39, 0.29) is 0 Å². The van der Waals surface area contributed by atoms with Gasteiger partial charge in [-0.3, -0.25) is 9.55 Å². The summed E-state index contributed by atoms with van der Waals surface area (Å²) in [4.78, 5) is 17.3. The first kappa shape index (κ1) is 18.3. The molecule has 0 atom stereocenters. The third kappa shape index (κ3) is 3.40. The minimum absolute atomic E-state index is 0.410. The van der Waals surface area contributed by atoms with Gasteiger partial charge in [0.1, 0.15) is 35.3 Å². The van der Waals surface area contributed by atoms with Gasteiger partial charge in [-0.1, -0.05) is 23.7 Å². The molecule has 1 aromatic carbocycles. The molecule has 0 spiro atoms.